The molecule has 2 heterocycles. The van der Waals surface area contributed by atoms with Crippen LogP contribution in [0, 0.1) is 0 Å². The van der Waals surface area contributed by atoms with Gasteiger partial charge in [-0.05, 0) is 0 Å². The molecular weight excluding hydrogens is 232 g/mol. The normalized spacial score (nSPS) is 19.5. The molecule has 0 atom stereocenters. The lowest BCUT2D eigenvalue weighted by atomic mass is 10.4. The van der Waals surface area contributed by atoms with E-state index in [0.717, 1.165) is 12.2 Å². The lowest BCUT2D eigenvalue weighted by molar-refractivity contribution is -0.175. The summed E-state index contributed by atoms with van der Waals surface area (Å²) in [5.41, 5.74) is 0. The van der Waals surface area contributed by atoms with Gasteiger partial charge in [-0.15, -0.1) is 5.06 Å². The first-order valence-electron chi connectivity index (χ1n) is 4.64. The van der Waals surface area contributed by atoms with Crippen LogP contribution in [0.2, 0.25) is 0 Å². The predicted octanol–water partition coefficient (Wildman–Crippen LogP) is -0.888. The summed E-state index contributed by atoms with van der Waals surface area (Å²) in [6.07, 6.45) is 0.279. The molecule has 0 aliphatic carbocycles. The highest BCUT2D eigenvalue weighted by Crippen LogP contribution is 2.14. The molecule has 0 unspecified atom stereocenters. The fraction of sp³-hybridized carbons (Fsp3) is 0.222. The molecule has 0 aromatic carbocycles. The van der Waals surface area contributed by atoms with Gasteiger partial charge in [0.15, 0.2) is 0 Å². The minimum Gasteiger partial charge on any atom is -0.310 e. The van der Waals surface area contributed by atoms with Gasteiger partial charge in [0, 0.05) is 25.0 Å². The lowest BCUT2D eigenvalue weighted by Crippen LogP contribution is -2.42. The Kier molecular flexibility index (Phi) is 2.47. The monoisotopic (exact) mass is 238 g/mol. The van der Waals surface area contributed by atoms with Gasteiger partial charge >= 0.3 is 6.09 Å². The first-order chi connectivity index (χ1) is 8.00. The first-order valence-corrected chi connectivity index (χ1v) is 4.64. The second-order valence-electron chi connectivity index (χ2n) is 3.28. The third kappa shape index (κ3) is 1.80. The van der Waals surface area contributed by atoms with Gasteiger partial charge in [-0.1, -0.05) is 0 Å². The van der Waals surface area contributed by atoms with E-state index in [1.807, 2.05) is 0 Å². The largest absolute Gasteiger partial charge is 0.449 e. The Hall–Kier alpha value is -2.51. The summed E-state index contributed by atoms with van der Waals surface area (Å²) in [5.74, 6) is -3.12. The molecule has 8 nitrogen and oxygen atoms in total. The molecule has 0 spiro atoms. The van der Waals surface area contributed by atoms with Crippen LogP contribution in [0.15, 0.2) is 12.2 Å². The number of hydrogen-bond donors (Lipinski definition) is 0. The van der Waals surface area contributed by atoms with Gasteiger partial charge in [0.25, 0.3) is 23.6 Å². The Morgan fingerprint density at radius 3 is 1.94 bits per heavy atom. The van der Waals surface area contributed by atoms with E-state index in [2.05, 4.69) is 4.84 Å². The fourth-order valence-corrected chi connectivity index (χ4v) is 1.36. The summed E-state index contributed by atoms with van der Waals surface area (Å²) in [7, 11) is 0. The van der Waals surface area contributed by atoms with E-state index >= 15 is 0 Å². The molecule has 0 saturated carbocycles. The standard InChI is InChI=1S/C9H6N2O6/c12-5-1-2-6(13)10(5)9(16)17-11-7(14)3-4-8(11)15/h1-2H,3-4H2. The summed E-state index contributed by atoms with van der Waals surface area (Å²) < 4.78 is 0. The van der Waals surface area contributed by atoms with Crippen molar-refractivity contribution in [1.82, 2.24) is 9.96 Å². The molecule has 17 heavy (non-hydrogen) atoms. The molecule has 5 amide bonds. The predicted molar refractivity (Wildman–Crippen MR) is 48.6 cm³/mol. The van der Waals surface area contributed by atoms with E-state index in [-0.39, 0.29) is 22.8 Å². The number of hydroxylamine groups is 2. The quantitative estimate of drug-likeness (QED) is 0.549. The number of hydrogen-bond acceptors (Lipinski definition) is 6. The number of carbonyl (C=O) groups excluding carboxylic acids is 5. The minimum absolute atomic E-state index is 0.0632. The van der Waals surface area contributed by atoms with Crippen molar-refractivity contribution in [2.45, 2.75) is 12.8 Å². The molecule has 0 bridgehead atoms. The van der Waals surface area contributed by atoms with Gasteiger partial charge in [0.1, 0.15) is 0 Å². The van der Waals surface area contributed by atoms with E-state index in [1.165, 1.54) is 0 Å². The van der Waals surface area contributed by atoms with Crippen LogP contribution in [-0.4, -0.2) is 39.7 Å². The third-order valence-corrected chi connectivity index (χ3v) is 2.17. The van der Waals surface area contributed by atoms with Crippen LogP contribution in [0.3, 0.4) is 0 Å². The van der Waals surface area contributed by atoms with Crippen LogP contribution in [0.4, 0.5) is 4.79 Å². The Morgan fingerprint density at radius 2 is 1.47 bits per heavy atom. The van der Waals surface area contributed by atoms with Crippen molar-refractivity contribution in [2.24, 2.45) is 0 Å². The zero-order valence-electron chi connectivity index (χ0n) is 8.41. The van der Waals surface area contributed by atoms with Crippen molar-refractivity contribution in [3.05, 3.63) is 12.2 Å². The van der Waals surface area contributed by atoms with Gasteiger partial charge < -0.3 is 4.84 Å². The van der Waals surface area contributed by atoms with E-state index in [0.29, 0.717) is 0 Å². The Morgan fingerprint density at radius 1 is 1.00 bits per heavy atom. The molecule has 1 saturated heterocycles. The van der Waals surface area contributed by atoms with E-state index in [4.69, 9.17) is 0 Å². The van der Waals surface area contributed by atoms with Crippen LogP contribution in [0.25, 0.3) is 0 Å². The summed E-state index contributed by atoms with van der Waals surface area (Å²) in [6, 6.07) is 0. The maximum Gasteiger partial charge on any atom is 0.449 e. The lowest BCUT2D eigenvalue weighted by Gasteiger charge is -2.16. The molecule has 88 valence electrons. The molecule has 2 aliphatic rings. The van der Waals surface area contributed by atoms with Gasteiger partial charge in [-0.3, -0.25) is 19.2 Å². The van der Waals surface area contributed by atoms with E-state index in [9.17, 15) is 24.0 Å². The van der Waals surface area contributed by atoms with Gasteiger partial charge in [0.2, 0.25) is 0 Å². The average molecular weight is 238 g/mol. The molecule has 2 rings (SSSR count). The maximum absolute atomic E-state index is 11.4. The van der Waals surface area contributed by atoms with Gasteiger partial charge in [-0.25, -0.2) is 4.79 Å². The summed E-state index contributed by atoms with van der Waals surface area (Å²) in [5, 5.41) is 0.265. The molecule has 1 fully saturated rings. The second kappa shape index (κ2) is 3.81. The summed E-state index contributed by atoms with van der Waals surface area (Å²) in [4.78, 5) is 60.4. The van der Waals surface area contributed by atoms with Crippen molar-refractivity contribution in [3.63, 3.8) is 0 Å². The van der Waals surface area contributed by atoms with Crippen molar-refractivity contribution >= 4 is 29.7 Å². The Labute approximate surface area is 94.4 Å². The minimum atomic E-state index is -1.37. The Balaban J connectivity index is 2.07. The second-order valence-corrected chi connectivity index (χ2v) is 3.28. The van der Waals surface area contributed by atoms with Crippen molar-refractivity contribution in [1.29, 1.82) is 0 Å². The Bertz CT molecular complexity index is 446. The van der Waals surface area contributed by atoms with Crippen molar-refractivity contribution in [3.8, 4) is 0 Å². The molecule has 0 N–H and O–H groups in total. The highest BCUT2D eigenvalue weighted by atomic mass is 16.7. The number of nitrogens with zero attached hydrogens (tertiary/aromatic N) is 2. The third-order valence-electron chi connectivity index (χ3n) is 2.17. The fourth-order valence-electron chi connectivity index (χ4n) is 1.36. The smallest absolute Gasteiger partial charge is 0.310 e. The maximum atomic E-state index is 11.4. The molecule has 8 heteroatoms. The van der Waals surface area contributed by atoms with E-state index in [1.54, 1.807) is 0 Å². The topological polar surface area (TPSA) is 101 Å². The van der Waals surface area contributed by atoms with Crippen LogP contribution in [-0.2, 0) is 24.0 Å². The van der Waals surface area contributed by atoms with Gasteiger partial charge in [-0.2, -0.15) is 4.90 Å². The zero-order chi connectivity index (χ0) is 12.6. The molecule has 0 aromatic rings. The molecule has 2 aliphatic heterocycles. The number of rotatable bonds is 1. The van der Waals surface area contributed by atoms with Crippen molar-refractivity contribution < 1.29 is 28.8 Å². The summed E-state index contributed by atoms with van der Waals surface area (Å²) in [6.45, 7) is 0. The van der Waals surface area contributed by atoms with Crippen LogP contribution in [0.5, 0.6) is 0 Å². The van der Waals surface area contributed by atoms with E-state index < -0.39 is 29.7 Å². The zero-order valence-corrected chi connectivity index (χ0v) is 8.41. The van der Waals surface area contributed by atoms with Crippen LogP contribution >= 0.6 is 0 Å². The number of carbonyl (C=O) groups is 5. The highest BCUT2D eigenvalue weighted by Gasteiger charge is 2.38. The van der Waals surface area contributed by atoms with Crippen LogP contribution in [0.1, 0.15) is 12.8 Å². The SMILES string of the molecule is O=C1CCC(=O)N1OC(=O)N1C(=O)C=CC1=O. The first kappa shape index (κ1) is 11.0. The average Bonchev–Trinajstić information content (AvgIpc) is 2.75. The highest BCUT2D eigenvalue weighted by molar-refractivity contribution is 6.21. The number of amides is 5. The molecule has 0 radical (unpaired) electrons. The van der Waals surface area contributed by atoms with Crippen molar-refractivity contribution in [2.75, 3.05) is 0 Å². The molecular formula is C9H6N2O6. The van der Waals surface area contributed by atoms with Crippen LogP contribution < -0.4 is 0 Å². The molecule has 0 aromatic heterocycles. The summed E-state index contributed by atoms with van der Waals surface area (Å²) >= 11 is 0. The number of imide groups is 4. The van der Waals surface area contributed by atoms with Gasteiger partial charge in [0.05, 0.1) is 0 Å².